The first-order valence-corrected chi connectivity index (χ1v) is 15.9. The molecule has 0 N–H and O–H groups in total. The van der Waals surface area contributed by atoms with E-state index < -0.39 is 0 Å². The van der Waals surface area contributed by atoms with E-state index in [0.29, 0.717) is 5.56 Å². The van der Waals surface area contributed by atoms with Gasteiger partial charge in [-0.05, 0) is 96.3 Å². The fourth-order valence-electron chi connectivity index (χ4n) is 7.39. The number of hydrogen-bond acceptors (Lipinski definition) is 1. The van der Waals surface area contributed by atoms with E-state index in [1.165, 1.54) is 49.3 Å². The maximum absolute atomic E-state index is 9.39. The molecule has 2 aromatic heterocycles. The minimum Gasteiger partial charge on any atom is -0.333 e. The third-order valence-corrected chi connectivity index (χ3v) is 9.61. The summed E-state index contributed by atoms with van der Waals surface area (Å²) in [4.78, 5) is 0. The minimum absolute atomic E-state index is 0.222. The average Bonchev–Trinajstić information content (AvgIpc) is 3.64. The number of benzene rings is 5. The summed E-state index contributed by atoms with van der Waals surface area (Å²) < 4.78 is 4.82. The van der Waals surface area contributed by atoms with Crippen molar-refractivity contribution < 1.29 is 0 Å². The van der Waals surface area contributed by atoms with Crippen molar-refractivity contribution in [3.8, 4) is 34.7 Å². The first-order valence-electron chi connectivity index (χ1n) is 15.9. The Labute approximate surface area is 267 Å². The molecule has 216 valence electrons. The van der Waals surface area contributed by atoms with Gasteiger partial charge < -0.3 is 9.13 Å². The Bertz CT molecular complexity index is 2550. The van der Waals surface area contributed by atoms with E-state index in [9.17, 15) is 5.26 Å². The van der Waals surface area contributed by atoms with Gasteiger partial charge in [0.2, 0.25) is 0 Å². The standard InChI is InChI=1S/C43H29N3/c44-28-29-15-20-35(21-16-29)46-40-14-8-7-13-36(40)37-22-17-33(27-43(37)46)32-19-24-42-39(26-32)38-25-31(30-9-3-1-4-10-30)18-23-41(38)45(42)34-11-5-2-6-12-34/h1-3,5-8,11,13-27,30,34H,9,12H2. The minimum atomic E-state index is 0.222. The van der Waals surface area contributed by atoms with Gasteiger partial charge in [0.1, 0.15) is 0 Å². The lowest BCUT2D eigenvalue weighted by atomic mass is 9.92. The zero-order valence-electron chi connectivity index (χ0n) is 25.2. The van der Waals surface area contributed by atoms with Gasteiger partial charge in [-0.1, -0.05) is 84.7 Å². The van der Waals surface area contributed by atoms with Crippen LogP contribution in [0.4, 0.5) is 0 Å². The number of aromatic nitrogens is 2. The van der Waals surface area contributed by atoms with E-state index in [2.05, 4.69) is 136 Å². The van der Waals surface area contributed by atoms with Crippen LogP contribution < -0.4 is 0 Å². The van der Waals surface area contributed by atoms with E-state index in [4.69, 9.17) is 0 Å². The van der Waals surface area contributed by atoms with Crippen LogP contribution in [-0.4, -0.2) is 9.13 Å². The van der Waals surface area contributed by atoms with Crippen LogP contribution in [0.3, 0.4) is 0 Å². The molecule has 9 rings (SSSR count). The fourth-order valence-corrected chi connectivity index (χ4v) is 7.39. The Morgan fingerprint density at radius 3 is 2.24 bits per heavy atom. The number of allylic oxidation sites excluding steroid dienone is 6. The van der Waals surface area contributed by atoms with Crippen molar-refractivity contribution in [3.05, 3.63) is 151 Å². The van der Waals surface area contributed by atoms with Crippen LogP contribution in [0.15, 0.2) is 140 Å². The molecule has 3 nitrogen and oxygen atoms in total. The number of fused-ring (bicyclic) bond motifs is 6. The van der Waals surface area contributed by atoms with Crippen molar-refractivity contribution in [3.63, 3.8) is 0 Å². The quantitative estimate of drug-likeness (QED) is 0.189. The lowest BCUT2D eigenvalue weighted by molar-refractivity contribution is 0.648. The molecule has 46 heavy (non-hydrogen) atoms. The Morgan fingerprint density at radius 2 is 1.43 bits per heavy atom. The van der Waals surface area contributed by atoms with Gasteiger partial charge in [-0.3, -0.25) is 0 Å². The molecule has 0 spiro atoms. The highest BCUT2D eigenvalue weighted by molar-refractivity contribution is 6.12. The van der Waals surface area contributed by atoms with Gasteiger partial charge in [0.15, 0.2) is 0 Å². The smallest absolute Gasteiger partial charge is 0.0991 e. The molecule has 0 saturated carbocycles. The highest BCUT2D eigenvalue weighted by Gasteiger charge is 2.20. The Kier molecular flexibility index (Phi) is 6.05. The second kappa shape index (κ2) is 10.6. The van der Waals surface area contributed by atoms with Crippen LogP contribution in [0.2, 0.25) is 0 Å². The summed E-state index contributed by atoms with van der Waals surface area (Å²) in [5.74, 6) is 6.83. The molecule has 0 amide bonds. The number of nitriles is 1. The van der Waals surface area contributed by atoms with Gasteiger partial charge in [-0.25, -0.2) is 0 Å². The molecule has 0 radical (unpaired) electrons. The van der Waals surface area contributed by atoms with Gasteiger partial charge in [-0.15, -0.1) is 0 Å². The summed E-state index contributed by atoms with van der Waals surface area (Å²) in [5.41, 5.74) is 10.2. The SMILES string of the molecule is N#Cc1ccc(-n2c3ccccc3c3ccc(-c4ccc5c(c4)c4cc(C6C#CC=CC6)ccc4n5C4C=CC=CC4)cc32)cc1. The van der Waals surface area contributed by atoms with Crippen molar-refractivity contribution in [2.75, 3.05) is 0 Å². The molecule has 7 aromatic rings. The zero-order valence-corrected chi connectivity index (χ0v) is 25.2. The number of rotatable bonds is 4. The monoisotopic (exact) mass is 587 g/mol. The summed E-state index contributed by atoms with van der Waals surface area (Å²) in [7, 11) is 0. The van der Waals surface area contributed by atoms with Crippen LogP contribution >= 0.6 is 0 Å². The third-order valence-electron chi connectivity index (χ3n) is 9.61. The zero-order chi connectivity index (χ0) is 30.6. The largest absolute Gasteiger partial charge is 0.333 e. The van der Waals surface area contributed by atoms with Crippen molar-refractivity contribution >= 4 is 43.6 Å². The summed E-state index contributed by atoms with van der Waals surface area (Å²) in [5, 5.41) is 14.4. The summed E-state index contributed by atoms with van der Waals surface area (Å²) in [6.45, 7) is 0. The van der Waals surface area contributed by atoms with Crippen LogP contribution in [0, 0.1) is 23.2 Å². The van der Waals surface area contributed by atoms with Crippen molar-refractivity contribution in [1.82, 2.24) is 9.13 Å². The molecule has 5 aromatic carbocycles. The molecular weight excluding hydrogens is 558 g/mol. The molecule has 2 aliphatic rings. The van der Waals surface area contributed by atoms with E-state index in [0.717, 1.165) is 29.6 Å². The number of hydrogen-bond donors (Lipinski definition) is 0. The van der Waals surface area contributed by atoms with Gasteiger partial charge in [0, 0.05) is 44.2 Å². The predicted molar refractivity (Wildman–Crippen MR) is 190 cm³/mol. The number of para-hydroxylation sites is 1. The summed E-state index contributed by atoms with van der Waals surface area (Å²) in [6, 6.07) is 39.7. The van der Waals surface area contributed by atoms with Crippen LogP contribution in [0.5, 0.6) is 0 Å². The third kappa shape index (κ3) is 4.14. The predicted octanol–water partition coefficient (Wildman–Crippen LogP) is 10.5. The molecule has 0 aliphatic heterocycles. The van der Waals surface area contributed by atoms with Crippen LogP contribution in [0.25, 0.3) is 60.4 Å². The van der Waals surface area contributed by atoms with Gasteiger partial charge >= 0.3 is 0 Å². The Balaban J connectivity index is 1.25. The lowest BCUT2D eigenvalue weighted by Crippen LogP contribution is -2.06. The Morgan fingerprint density at radius 1 is 0.652 bits per heavy atom. The first-order chi connectivity index (χ1) is 22.8. The van der Waals surface area contributed by atoms with Gasteiger partial charge in [0.25, 0.3) is 0 Å². The second-order valence-electron chi connectivity index (χ2n) is 12.2. The molecule has 0 fully saturated rings. The lowest BCUT2D eigenvalue weighted by Gasteiger charge is -2.19. The fraction of sp³-hybridized carbons (Fsp3) is 0.0930. The number of nitrogens with zero attached hydrogens (tertiary/aromatic N) is 3. The van der Waals surface area contributed by atoms with Gasteiger partial charge in [0.05, 0.1) is 28.7 Å². The molecule has 2 aliphatic carbocycles. The molecule has 3 heteroatoms. The molecule has 0 bridgehead atoms. The highest BCUT2D eigenvalue weighted by Crippen LogP contribution is 2.40. The van der Waals surface area contributed by atoms with E-state index in [-0.39, 0.29) is 12.0 Å². The molecule has 2 unspecified atom stereocenters. The summed E-state index contributed by atoms with van der Waals surface area (Å²) >= 11 is 0. The van der Waals surface area contributed by atoms with Gasteiger partial charge in [-0.2, -0.15) is 5.26 Å². The van der Waals surface area contributed by atoms with Crippen molar-refractivity contribution in [2.24, 2.45) is 0 Å². The van der Waals surface area contributed by atoms with Crippen LogP contribution in [-0.2, 0) is 0 Å². The topological polar surface area (TPSA) is 33.6 Å². The molecule has 2 atom stereocenters. The van der Waals surface area contributed by atoms with Crippen LogP contribution in [0.1, 0.15) is 35.9 Å². The normalized spacial score (nSPS) is 17.1. The van der Waals surface area contributed by atoms with Crippen molar-refractivity contribution in [2.45, 2.75) is 24.8 Å². The van der Waals surface area contributed by atoms with E-state index in [1.54, 1.807) is 0 Å². The average molecular weight is 588 g/mol. The molecule has 2 heterocycles. The second-order valence-corrected chi connectivity index (χ2v) is 12.2. The maximum atomic E-state index is 9.39. The Hall–Kier alpha value is -6.03. The summed E-state index contributed by atoms with van der Waals surface area (Å²) in [6.07, 6.45) is 15.0. The molecule has 0 saturated heterocycles. The highest BCUT2D eigenvalue weighted by atomic mass is 15.0. The maximum Gasteiger partial charge on any atom is 0.0991 e. The first kappa shape index (κ1) is 26.4. The van der Waals surface area contributed by atoms with E-state index >= 15 is 0 Å². The van der Waals surface area contributed by atoms with Crippen molar-refractivity contribution in [1.29, 1.82) is 5.26 Å². The molecular formula is C43H29N3. The van der Waals surface area contributed by atoms with E-state index in [1.807, 2.05) is 30.3 Å².